The SMILES string of the molecule is COCOc1cccc(N(C)C(=O)O)c1.COc1c(C)cc(N(C)C(=O)O)cc1C.CSc1ccc(N(C)C(=O)O)cc1C(C)C. The largest absolute Gasteiger partial charge is 0.496 e. The van der Waals surface area contributed by atoms with E-state index >= 15 is 0 Å². The van der Waals surface area contributed by atoms with Crippen LogP contribution in [0.15, 0.2) is 59.5 Å². The van der Waals surface area contributed by atoms with Gasteiger partial charge in [-0.1, -0.05) is 19.9 Å². The number of nitrogens with zero attached hydrogens (tertiary/aromatic N) is 3. The second-order valence-corrected chi connectivity index (χ2v) is 11.1. The van der Waals surface area contributed by atoms with Gasteiger partial charge in [-0.25, -0.2) is 14.4 Å². The van der Waals surface area contributed by atoms with Crippen LogP contribution in [0.1, 0.15) is 36.5 Å². The van der Waals surface area contributed by atoms with Crippen LogP contribution >= 0.6 is 11.8 Å². The predicted molar refractivity (Wildman–Crippen MR) is 183 cm³/mol. The summed E-state index contributed by atoms with van der Waals surface area (Å²) in [5.41, 5.74) is 4.97. The fourth-order valence-corrected chi connectivity index (χ4v) is 4.80. The normalized spacial score (nSPS) is 10.1. The summed E-state index contributed by atoms with van der Waals surface area (Å²) in [6, 6.07) is 16.1. The summed E-state index contributed by atoms with van der Waals surface area (Å²) in [5.74, 6) is 1.77. The summed E-state index contributed by atoms with van der Waals surface area (Å²) < 4.78 is 15.1. The van der Waals surface area contributed by atoms with Crippen molar-refractivity contribution in [2.75, 3.05) is 63.1 Å². The number of thioether (sulfide) groups is 1. The lowest BCUT2D eigenvalue weighted by Crippen LogP contribution is -2.23. The molecule has 0 aliphatic carbocycles. The van der Waals surface area contributed by atoms with Gasteiger partial charge in [0.1, 0.15) is 11.5 Å². The highest BCUT2D eigenvalue weighted by Gasteiger charge is 2.14. The van der Waals surface area contributed by atoms with E-state index in [9.17, 15) is 14.4 Å². The van der Waals surface area contributed by atoms with E-state index in [0.717, 1.165) is 21.8 Å². The molecule has 0 bridgehead atoms. The Morgan fingerprint density at radius 2 is 1.26 bits per heavy atom. The second kappa shape index (κ2) is 19.0. The first kappa shape index (κ1) is 39.4. The van der Waals surface area contributed by atoms with Crippen LogP contribution in [0.5, 0.6) is 11.5 Å². The van der Waals surface area contributed by atoms with Gasteiger partial charge in [0.15, 0.2) is 6.79 Å². The van der Waals surface area contributed by atoms with Gasteiger partial charge in [0.2, 0.25) is 0 Å². The highest BCUT2D eigenvalue weighted by atomic mass is 32.2. The van der Waals surface area contributed by atoms with Crippen LogP contribution < -0.4 is 24.2 Å². The third-order valence-electron chi connectivity index (χ3n) is 6.67. The molecule has 0 saturated heterocycles. The van der Waals surface area contributed by atoms with Crippen molar-refractivity contribution in [2.45, 2.75) is 38.5 Å². The number of aryl methyl sites for hydroxylation is 2. The summed E-state index contributed by atoms with van der Waals surface area (Å²) in [6.07, 6.45) is -0.897. The quantitative estimate of drug-likeness (QED) is 0.153. The molecule has 0 aliphatic heterocycles. The van der Waals surface area contributed by atoms with Gasteiger partial charge < -0.3 is 29.5 Å². The van der Waals surface area contributed by atoms with Gasteiger partial charge in [-0.15, -0.1) is 11.8 Å². The van der Waals surface area contributed by atoms with Crippen LogP contribution in [0.4, 0.5) is 31.4 Å². The maximum atomic E-state index is 10.9. The number of hydrogen-bond acceptors (Lipinski definition) is 7. The Morgan fingerprint density at radius 3 is 1.70 bits per heavy atom. The molecule has 3 aromatic rings. The highest BCUT2D eigenvalue weighted by molar-refractivity contribution is 7.98. The van der Waals surface area contributed by atoms with E-state index in [1.807, 2.05) is 38.3 Å². The highest BCUT2D eigenvalue weighted by Crippen LogP contribution is 2.31. The first-order valence-corrected chi connectivity index (χ1v) is 15.3. The van der Waals surface area contributed by atoms with Gasteiger partial charge in [-0.2, -0.15) is 0 Å². The van der Waals surface area contributed by atoms with Crippen molar-refractivity contribution in [1.29, 1.82) is 0 Å². The number of rotatable bonds is 9. The summed E-state index contributed by atoms with van der Waals surface area (Å²) in [6.45, 7) is 8.15. The number of benzene rings is 3. The Balaban J connectivity index is 0.000000345. The van der Waals surface area contributed by atoms with E-state index in [0.29, 0.717) is 28.7 Å². The van der Waals surface area contributed by atoms with Crippen LogP contribution in [0.2, 0.25) is 0 Å². The van der Waals surface area contributed by atoms with Crippen LogP contribution in [-0.2, 0) is 4.74 Å². The Morgan fingerprint density at radius 1 is 0.761 bits per heavy atom. The number of anilines is 3. The molecule has 3 rings (SSSR count). The molecular formula is C33H45N3O9S. The third kappa shape index (κ3) is 11.7. The molecule has 0 aromatic heterocycles. The summed E-state index contributed by atoms with van der Waals surface area (Å²) in [5, 5.41) is 26.5. The number of methoxy groups -OCH3 is 2. The van der Waals surface area contributed by atoms with Gasteiger partial charge in [-0.05, 0) is 85.2 Å². The van der Waals surface area contributed by atoms with E-state index in [1.165, 1.54) is 41.5 Å². The Labute approximate surface area is 275 Å². The zero-order valence-electron chi connectivity index (χ0n) is 28.0. The number of ether oxygens (including phenoxy) is 3. The van der Waals surface area contributed by atoms with Gasteiger partial charge in [0, 0.05) is 50.6 Å². The fraction of sp³-hybridized carbons (Fsp3) is 0.364. The molecule has 0 heterocycles. The van der Waals surface area contributed by atoms with Crippen molar-refractivity contribution >= 4 is 47.1 Å². The van der Waals surface area contributed by atoms with E-state index in [1.54, 1.807) is 62.3 Å². The predicted octanol–water partition coefficient (Wildman–Crippen LogP) is 7.86. The van der Waals surface area contributed by atoms with Gasteiger partial charge in [0.05, 0.1) is 12.8 Å². The van der Waals surface area contributed by atoms with E-state index in [-0.39, 0.29) is 6.79 Å². The summed E-state index contributed by atoms with van der Waals surface area (Å²) in [4.78, 5) is 37.0. The number of hydrogen-bond donors (Lipinski definition) is 3. The van der Waals surface area contributed by atoms with Gasteiger partial charge in [-0.3, -0.25) is 14.7 Å². The maximum Gasteiger partial charge on any atom is 0.411 e. The third-order valence-corrected chi connectivity index (χ3v) is 7.48. The molecule has 0 radical (unpaired) electrons. The lowest BCUT2D eigenvalue weighted by Gasteiger charge is -2.17. The molecule has 0 aliphatic rings. The molecule has 252 valence electrons. The maximum absolute atomic E-state index is 10.9. The number of carbonyl (C=O) groups is 3. The Bertz CT molecular complexity index is 1440. The monoisotopic (exact) mass is 659 g/mol. The van der Waals surface area contributed by atoms with Gasteiger partial charge in [0.25, 0.3) is 0 Å². The summed E-state index contributed by atoms with van der Waals surface area (Å²) >= 11 is 1.69. The lowest BCUT2D eigenvalue weighted by molar-refractivity contribution is 0.0511. The minimum atomic E-state index is -1.01. The van der Waals surface area contributed by atoms with Crippen LogP contribution in [0.25, 0.3) is 0 Å². The van der Waals surface area contributed by atoms with Crippen molar-refractivity contribution in [2.24, 2.45) is 0 Å². The first-order chi connectivity index (χ1) is 21.6. The molecule has 3 aromatic carbocycles. The molecule has 0 saturated carbocycles. The standard InChI is InChI=1S/C12H17NO2S.C11H15NO3.C10H13NO4/c1-8(2)10-7-9(13(3)12(14)15)5-6-11(10)16-4;1-7-5-9(12(3)11(13)14)6-8(2)10(7)15-4;1-11(10(12)13)8-4-3-5-9(6-8)15-7-14-2/h5-8H,1-4H3,(H,14,15);5-6H,1-4H3,(H,13,14);3-6H,7H2,1-2H3,(H,12,13). The van der Waals surface area contributed by atoms with Crippen LogP contribution in [0, 0.1) is 13.8 Å². The van der Waals surface area contributed by atoms with E-state index in [4.69, 9.17) is 29.5 Å². The molecule has 46 heavy (non-hydrogen) atoms. The lowest BCUT2D eigenvalue weighted by atomic mass is 10.0. The zero-order valence-corrected chi connectivity index (χ0v) is 28.8. The first-order valence-electron chi connectivity index (χ1n) is 14.0. The Kier molecular flexibility index (Phi) is 16.3. The fourth-order valence-electron chi connectivity index (χ4n) is 4.06. The van der Waals surface area contributed by atoms with Crippen molar-refractivity contribution in [3.8, 4) is 11.5 Å². The molecule has 0 spiro atoms. The number of carboxylic acid groups (broad SMARTS) is 3. The molecule has 0 unspecified atom stereocenters. The topological polar surface area (TPSA) is 149 Å². The Hall–Kier alpha value is -4.62. The molecular weight excluding hydrogens is 614 g/mol. The van der Waals surface area contributed by atoms with Crippen LogP contribution in [0.3, 0.4) is 0 Å². The van der Waals surface area contributed by atoms with Crippen molar-refractivity contribution in [3.63, 3.8) is 0 Å². The smallest absolute Gasteiger partial charge is 0.411 e. The molecule has 3 amide bonds. The molecule has 13 heteroatoms. The van der Waals surface area contributed by atoms with Crippen molar-refractivity contribution < 1.29 is 43.9 Å². The molecule has 12 nitrogen and oxygen atoms in total. The number of amides is 3. The van der Waals surface area contributed by atoms with Crippen LogP contribution in [-0.4, -0.2) is 82.0 Å². The second-order valence-electron chi connectivity index (χ2n) is 10.3. The van der Waals surface area contributed by atoms with Gasteiger partial charge >= 0.3 is 18.3 Å². The zero-order chi connectivity index (χ0) is 35.1. The molecule has 0 fully saturated rings. The minimum Gasteiger partial charge on any atom is -0.496 e. The average molecular weight is 660 g/mol. The molecule has 3 N–H and O–H groups in total. The minimum absolute atomic E-state index is 0.139. The summed E-state index contributed by atoms with van der Waals surface area (Å²) in [7, 11) is 7.67. The van der Waals surface area contributed by atoms with Crippen molar-refractivity contribution in [1.82, 2.24) is 0 Å². The van der Waals surface area contributed by atoms with E-state index in [2.05, 4.69) is 13.8 Å². The molecule has 0 atom stereocenters. The average Bonchev–Trinajstić information content (AvgIpc) is 3.02. The van der Waals surface area contributed by atoms with Crippen molar-refractivity contribution in [3.05, 3.63) is 71.3 Å². The van der Waals surface area contributed by atoms with E-state index < -0.39 is 18.3 Å².